The van der Waals surface area contributed by atoms with Crippen LogP contribution >= 0.6 is 11.6 Å². The van der Waals surface area contributed by atoms with Crippen molar-refractivity contribution in [2.24, 2.45) is 0 Å². The van der Waals surface area contributed by atoms with Crippen LogP contribution in [0.1, 0.15) is 27.0 Å². The fourth-order valence-corrected chi connectivity index (χ4v) is 4.58. The molecule has 0 atom stereocenters. The zero-order valence-electron chi connectivity index (χ0n) is 21.3. The number of nitrogens with one attached hydrogen (secondary N) is 1. The maximum absolute atomic E-state index is 13.5. The number of nitrogens with zero attached hydrogens (tertiary/aromatic N) is 2. The smallest absolute Gasteiger partial charge is 0.283 e. The molecule has 6 nitrogen and oxygen atoms in total. The second-order valence-corrected chi connectivity index (χ2v) is 9.68. The minimum atomic E-state index is -0.586. The normalized spacial score (nSPS) is 13.1. The average molecular weight is 536 g/mol. The Kier molecular flexibility index (Phi) is 7.57. The number of halogens is 1. The van der Waals surface area contributed by atoms with E-state index in [0.717, 1.165) is 21.6 Å². The largest absolute Gasteiger partial charge is 0.350 e. The van der Waals surface area contributed by atoms with Crippen molar-refractivity contribution in [1.82, 2.24) is 4.90 Å². The Morgan fingerprint density at radius 2 is 1.28 bits per heavy atom. The van der Waals surface area contributed by atoms with Crippen LogP contribution in [0.25, 0.3) is 0 Å². The van der Waals surface area contributed by atoms with E-state index in [1.807, 2.05) is 79.7 Å². The number of anilines is 2. The van der Waals surface area contributed by atoms with Gasteiger partial charge in [-0.05, 0) is 54.4 Å². The van der Waals surface area contributed by atoms with E-state index in [1.165, 1.54) is 0 Å². The summed E-state index contributed by atoms with van der Waals surface area (Å²) in [5.74, 6) is -1.24. The van der Waals surface area contributed by atoms with Gasteiger partial charge < -0.3 is 10.2 Å². The maximum Gasteiger partial charge on any atom is 0.283 e. The molecule has 0 bridgehead atoms. The predicted molar refractivity (Wildman–Crippen MR) is 153 cm³/mol. The average Bonchev–Trinajstić information content (AvgIpc) is 3.17. The summed E-state index contributed by atoms with van der Waals surface area (Å²) in [7, 11) is 0. The van der Waals surface area contributed by atoms with Crippen molar-refractivity contribution in [3.05, 3.63) is 142 Å². The number of aryl methyl sites for hydroxylation is 1. The fourth-order valence-electron chi connectivity index (χ4n) is 4.37. The molecule has 0 unspecified atom stereocenters. The first-order valence-corrected chi connectivity index (χ1v) is 12.9. The lowest BCUT2D eigenvalue weighted by Crippen LogP contribution is -2.32. The highest BCUT2D eigenvalue weighted by atomic mass is 35.5. The van der Waals surface area contributed by atoms with Gasteiger partial charge in [-0.3, -0.25) is 14.4 Å². The van der Waals surface area contributed by atoms with E-state index in [9.17, 15) is 14.4 Å². The summed E-state index contributed by atoms with van der Waals surface area (Å²) in [6, 6.07) is 33.5. The van der Waals surface area contributed by atoms with Gasteiger partial charge >= 0.3 is 0 Å². The molecule has 4 aromatic rings. The van der Waals surface area contributed by atoms with Crippen molar-refractivity contribution < 1.29 is 14.4 Å². The van der Waals surface area contributed by atoms with Crippen molar-refractivity contribution in [1.29, 1.82) is 0 Å². The molecule has 3 amide bonds. The molecule has 4 aromatic carbocycles. The Bertz CT molecular complexity index is 1490. The number of benzene rings is 4. The highest BCUT2D eigenvalue weighted by Gasteiger charge is 2.38. The van der Waals surface area contributed by atoms with Crippen LogP contribution in [0.15, 0.2) is 120 Å². The number of hydrogen-bond donors (Lipinski definition) is 1. The van der Waals surface area contributed by atoms with Crippen molar-refractivity contribution in [2.45, 2.75) is 20.0 Å². The van der Waals surface area contributed by atoms with Crippen LogP contribution < -0.4 is 10.2 Å². The number of carbonyl (C=O) groups excluding carboxylic acids is 3. The van der Waals surface area contributed by atoms with Gasteiger partial charge in [0.2, 0.25) is 0 Å². The number of carbonyl (C=O) groups is 3. The summed E-state index contributed by atoms with van der Waals surface area (Å²) >= 11 is 6.27. The summed E-state index contributed by atoms with van der Waals surface area (Å²) in [6.45, 7) is 2.84. The molecular weight excluding hydrogens is 510 g/mol. The maximum atomic E-state index is 13.5. The summed E-state index contributed by atoms with van der Waals surface area (Å²) in [5.41, 5.74) is 4.55. The molecule has 5 rings (SSSR count). The molecule has 0 spiro atoms. The zero-order valence-corrected chi connectivity index (χ0v) is 22.1. The SMILES string of the molecule is Cc1ccc(N2C(=O)C(Cl)=C(Nc3ccc(C(=O)N(Cc4ccccc4)Cc4ccccc4)cc3)C2=O)cc1. The summed E-state index contributed by atoms with van der Waals surface area (Å²) in [4.78, 5) is 42.2. The van der Waals surface area contributed by atoms with Crippen LogP contribution in [0.4, 0.5) is 11.4 Å². The van der Waals surface area contributed by atoms with Crippen LogP contribution in [0.5, 0.6) is 0 Å². The molecule has 1 N–H and O–H groups in total. The standard InChI is InChI=1S/C32H26ClN3O3/c1-22-12-18-27(19-13-22)36-31(38)28(33)29(32(36)39)34-26-16-14-25(15-17-26)30(37)35(20-23-8-4-2-5-9-23)21-24-10-6-3-7-11-24/h2-19,34H,20-21H2,1H3. The molecule has 0 fully saturated rings. The predicted octanol–water partition coefficient (Wildman–Crippen LogP) is 6.27. The molecule has 39 heavy (non-hydrogen) atoms. The molecule has 1 aliphatic rings. The number of hydrogen-bond acceptors (Lipinski definition) is 4. The zero-order chi connectivity index (χ0) is 27.4. The lowest BCUT2D eigenvalue weighted by molar-refractivity contribution is -0.120. The molecule has 1 aliphatic heterocycles. The van der Waals surface area contributed by atoms with Crippen LogP contribution in [0.3, 0.4) is 0 Å². The van der Waals surface area contributed by atoms with Gasteiger partial charge in [-0.25, -0.2) is 4.90 Å². The van der Waals surface area contributed by atoms with Gasteiger partial charge in [0.25, 0.3) is 17.7 Å². The van der Waals surface area contributed by atoms with Gasteiger partial charge in [-0.15, -0.1) is 0 Å². The quantitative estimate of drug-likeness (QED) is 0.270. The van der Waals surface area contributed by atoms with Gasteiger partial charge in [0.05, 0.1) is 5.69 Å². The van der Waals surface area contributed by atoms with Crippen molar-refractivity contribution in [3.63, 3.8) is 0 Å². The first kappa shape index (κ1) is 25.9. The second kappa shape index (κ2) is 11.4. The van der Waals surface area contributed by atoms with E-state index < -0.39 is 11.8 Å². The van der Waals surface area contributed by atoms with Gasteiger partial charge in [0.1, 0.15) is 10.7 Å². The Labute approximate surface area is 232 Å². The van der Waals surface area contributed by atoms with Gasteiger partial charge in [-0.1, -0.05) is 90.0 Å². The van der Waals surface area contributed by atoms with Gasteiger partial charge in [0.15, 0.2) is 0 Å². The fraction of sp³-hybridized carbons (Fsp3) is 0.0938. The minimum absolute atomic E-state index is 0.00361. The summed E-state index contributed by atoms with van der Waals surface area (Å²) in [6.07, 6.45) is 0. The Morgan fingerprint density at radius 1 is 0.744 bits per heavy atom. The topological polar surface area (TPSA) is 69.7 Å². The van der Waals surface area contributed by atoms with Crippen LogP contribution in [-0.2, 0) is 22.7 Å². The van der Waals surface area contributed by atoms with Gasteiger partial charge in [0, 0.05) is 24.3 Å². The van der Waals surface area contributed by atoms with E-state index in [0.29, 0.717) is 30.0 Å². The first-order valence-electron chi connectivity index (χ1n) is 12.5. The third-order valence-corrected chi connectivity index (χ3v) is 6.79. The van der Waals surface area contributed by atoms with Crippen LogP contribution in [-0.4, -0.2) is 22.6 Å². The van der Waals surface area contributed by atoms with E-state index in [-0.39, 0.29) is 16.6 Å². The summed E-state index contributed by atoms with van der Waals surface area (Å²) in [5, 5.41) is 2.78. The Morgan fingerprint density at radius 3 is 1.82 bits per heavy atom. The van der Waals surface area contributed by atoms with Crippen LogP contribution in [0.2, 0.25) is 0 Å². The van der Waals surface area contributed by atoms with Crippen molar-refractivity contribution in [3.8, 4) is 0 Å². The van der Waals surface area contributed by atoms with Crippen molar-refractivity contribution in [2.75, 3.05) is 10.2 Å². The third-order valence-electron chi connectivity index (χ3n) is 6.44. The lowest BCUT2D eigenvalue weighted by Gasteiger charge is -2.23. The van der Waals surface area contributed by atoms with E-state index in [1.54, 1.807) is 41.3 Å². The highest BCUT2D eigenvalue weighted by Crippen LogP contribution is 2.30. The van der Waals surface area contributed by atoms with Gasteiger partial charge in [-0.2, -0.15) is 0 Å². The first-order chi connectivity index (χ1) is 18.9. The van der Waals surface area contributed by atoms with Crippen LogP contribution in [0, 0.1) is 6.92 Å². The minimum Gasteiger partial charge on any atom is -0.350 e. The number of rotatable bonds is 8. The molecule has 0 saturated carbocycles. The lowest BCUT2D eigenvalue weighted by atomic mass is 10.1. The highest BCUT2D eigenvalue weighted by molar-refractivity contribution is 6.53. The summed E-state index contributed by atoms with van der Waals surface area (Å²) < 4.78 is 0. The molecule has 0 radical (unpaired) electrons. The third kappa shape index (κ3) is 5.76. The Hall–Kier alpha value is -4.68. The Balaban J connectivity index is 1.33. The molecular formula is C32H26ClN3O3. The number of amides is 3. The van der Waals surface area contributed by atoms with E-state index in [2.05, 4.69) is 5.32 Å². The molecule has 1 heterocycles. The molecule has 0 saturated heterocycles. The number of imide groups is 1. The molecule has 7 heteroatoms. The van der Waals surface area contributed by atoms with Crippen molar-refractivity contribution >= 4 is 40.7 Å². The molecule has 0 aromatic heterocycles. The molecule has 0 aliphatic carbocycles. The molecule has 194 valence electrons. The second-order valence-electron chi connectivity index (χ2n) is 9.31. The monoisotopic (exact) mass is 535 g/mol. The van der Waals surface area contributed by atoms with E-state index >= 15 is 0 Å². The van der Waals surface area contributed by atoms with E-state index in [4.69, 9.17) is 11.6 Å².